The second-order valence-corrected chi connectivity index (χ2v) is 5.51. The van der Waals surface area contributed by atoms with Crippen LogP contribution in [-0.2, 0) is 4.79 Å². The second-order valence-electron chi connectivity index (χ2n) is 4.48. The molecule has 0 spiro atoms. The highest BCUT2D eigenvalue weighted by Gasteiger charge is 2.23. The van der Waals surface area contributed by atoms with Crippen molar-refractivity contribution in [2.45, 2.75) is 0 Å². The number of nitrogens with two attached hydrogens (primary N) is 1. The van der Waals surface area contributed by atoms with Gasteiger partial charge in [0.05, 0.1) is 10.6 Å². The largest absolute Gasteiger partial charge is 0.399 e. The normalized spacial score (nSPS) is 18.2. The van der Waals surface area contributed by atoms with Crippen LogP contribution in [0.1, 0.15) is 5.56 Å². The van der Waals surface area contributed by atoms with Gasteiger partial charge in [-0.05, 0) is 47.7 Å². The van der Waals surface area contributed by atoms with Crippen molar-refractivity contribution in [1.29, 1.82) is 0 Å². The zero-order chi connectivity index (χ0) is 14.7. The molecule has 1 aliphatic rings. The van der Waals surface area contributed by atoms with Crippen LogP contribution in [-0.4, -0.2) is 11.1 Å². The number of nitrogens with one attached hydrogen (secondary N) is 1. The summed E-state index contributed by atoms with van der Waals surface area (Å²) in [5.74, 6) is -0.133. The van der Waals surface area contributed by atoms with Gasteiger partial charge < -0.3 is 11.1 Å². The molecule has 0 aliphatic carbocycles. The Kier molecular flexibility index (Phi) is 3.75. The summed E-state index contributed by atoms with van der Waals surface area (Å²) in [4.78, 5) is 17.0. The minimum Gasteiger partial charge on any atom is -0.399 e. The van der Waals surface area contributed by atoms with Crippen molar-refractivity contribution >= 4 is 40.3 Å². The number of benzene rings is 2. The highest BCUT2D eigenvalue weighted by atomic mass is 32.2. The van der Waals surface area contributed by atoms with Gasteiger partial charge in [-0.3, -0.25) is 4.79 Å². The van der Waals surface area contributed by atoms with Gasteiger partial charge >= 0.3 is 0 Å². The lowest BCUT2D eigenvalue weighted by Crippen LogP contribution is -2.19. The topological polar surface area (TPSA) is 67.5 Å². The first kappa shape index (κ1) is 13.5. The number of rotatable bonds is 2. The molecule has 0 aromatic heterocycles. The van der Waals surface area contributed by atoms with E-state index in [1.807, 2.05) is 60.7 Å². The number of aliphatic imine (C=N–C) groups is 1. The Balaban J connectivity index is 1.82. The lowest BCUT2D eigenvalue weighted by Gasteiger charge is -1.96. The van der Waals surface area contributed by atoms with Gasteiger partial charge in [0, 0.05) is 5.69 Å². The number of carbonyl (C=O) groups excluding carboxylic acids is 1. The van der Waals surface area contributed by atoms with Crippen LogP contribution in [0.5, 0.6) is 0 Å². The first-order valence-corrected chi connectivity index (χ1v) is 7.22. The molecule has 1 fully saturated rings. The number of carbonyl (C=O) groups is 1. The molecule has 1 saturated heterocycles. The third-order valence-electron chi connectivity index (χ3n) is 2.87. The molecule has 0 unspecified atom stereocenters. The third-order valence-corrected chi connectivity index (χ3v) is 3.78. The van der Waals surface area contributed by atoms with E-state index < -0.39 is 0 Å². The van der Waals surface area contributed by atoms with Crippen molar-refractivity contribution in [3.63, 3.8) is 0 Å². The third kappa shape index (κ3) is 3.32. The Morgan fingerprint density at radius 1 is 1.05 bits per heavy atom. The van der Waals surface area contributed by atoms with E-state index >= 15 is 0 Å². The van der Waals surface area contributed by atoms with Crippen LogP contribution in [0.2, 0.25) is 0 Å². The molecule has 3 N–H and O–H groups in total. The van der Waals surface area contributed by atoms with Crippen molar-refractivity contribution in [3.05, 3.63) is 65.1 Å². The highest BCUT2D eigenvalue weighted by Crippen LogP contribution is 2.28. The Bertz CT molecular complexity index is 721. The van der Waals surface area contributed by atoms with Gasteiger partial charge in [0.1, 0.15) is 0 Å². The van der Waals surface area contributed by atoms with Crippen molar-refractivity contribution in [2.24, 2.45) is 4.99 Å². The second kappa shape index (κ2) is 5.85. The maximum atomic E-state index is 11.9. The molecule has 2 aromatic rings. The molecule has 3 rings (SSSR count). The van der Waals surface area contributed by atoms with E-state index in [4.69, 9.17) is 5.73 Å². The summed E-state index contributed by atoms with van der Waals surface area (Å²) >= 11 is 1.33. The smallest absolute Gasteiger partial charge is 0.264 e. The number of amidine groups is 1. The van der Waals surface area contributed by atoms with Crippen LogP contribution in [0.4, 0.5) is 11.4 Å². The number of nitrogen functional groups attached to an aromatic ring is 1. The number of anilines is 1. The standard InChI is InChI=1S/C16H13N3OS/c17-12-8-6-11(7-9-12)10-14-15(20)19-16(21-14)18-13-4-2-1-3-5-13/h1-10H,17H2,(H,18,19,20). The van der Waals surface area contributed by atoms with Crippen LogP contribution < -0.4 is 11.1 Å². The van der Waals surface area contributed by atoms with Gasteiger partial charge in [-0.2, -0.15) is 0 Å². The first-order chi connectivity index (χ1) is 10.2. The molecule has 1 heterocycles. The molecular weight excluding hydrogens is 282 g/mol. The number of hydrogen-bond donors (Lipinski definition) is 2. The molecule has 0 radical (unpaired) electrons. The molecule has 0 atom stereocenters. The molecular formula is C16H13N3OS. The lowest BCUT2D eigenvalue weighted by molar-refractivity contribution is -0.115. The van der Waals surface area contributed by atoms with Crippen LogP contribution in [0, 0.1) is 0 Å². The summed E-state index contributed by atoms with van der Waals surface area (Å²) in [6.07, 6.45) is 1.83. The van der Waals surface area contributed by atoms with Crippen LogP contribution in [0.3, 0.4) is 0 Å². The fraction of sp³-hybridized carbons (Fsp3) is 0. The van der Waals surface area contributed by atoms with Crippen LogP contribution in [0.25, 0.3) is 6.08 Å². The fourth-order valence-corrected chi connectivity index (χ4v) is 2.69. The average molecular weight is 295 g/mol. The molecule has 5 heteroatoms. The van der Waals surface area contributed by atoms with E-state index in [1.165, 1.54) is 11.8 Å². The average Bonchev–Trinajstić information content (AvgIpc) is 2.82. The van der Waals surface area contributed by atoms with E-state index in [-0.39, 0.29) is 5.91 Å². The molecule has 4 nitrogen and oxygen atoms in total. The van der Waals surface area contributed by atoms with Crippen LogP contribution >= 0.6 is 11.8 Å². The Hall–Kier alpha value is -2.53. The maximum absolute atomic E-state index is 11.9. The molecule has 21 heavy (non-hydrogen) atoms. The first-order valence-electron chi connectivity index (χ1n) is 6.41. The highest BCUT2D eigenvalue weighted by molar-refractivity contribution is 8.18. The van der Waals surface area contributed by atoms with Gasteiger partial charge in [-0.25, -0.2) is 4.99 Å². The van der Waals surface area contributed by atoms with Crippen molar-refractivity contribution < 1.29 is 4.79 Å². The molecule has 104 valence electrons. The zero-order valence-corrected chi connectivity index (χ0v) is 11.9. The summed E-state index contributed by atoms with van der Waals surface area (Å²) < 4.78 is 0. The van der Waals surface area contributed by atoms with Crippen molar-refractivity contribution in [1.82, 2.24) is 5.32 Å². The summed E-state index contributed by atoms with van der Waals surface area (Å²) in [6, 6.07) is 16.9. The van der Waals surface area contributed by atoms with E-state index in [0.29, 0.717) is 15.8 Å². The Morgan fingerprint density at radius 3 is 2.48 bits per heavy atom. The molecule has 0 bridgehead atoms. The lowest BCUT2D eigenvalue weighted by atomic mass is 10.2. The Morgan fingerprint density at radius 2 is 1.76 bits per heavy atom. The van der Waals surface area contributed by atoms with Gasteiger partial charge in [0.15, 0.2) is 5.17 Å². The van der Waals surface area contributed by atoms with E-state index in [0.717, 1.165) is 11.3 Å². The number of para-hydroxylation sites is 1. The fourth-order valence-electron chi connectivity index (χ4n) is 1.84. The molecule has 1 amide bonds. The van der Waals surface area contributed by atoms with E-state index in [2.05, 4.69) is 10.3 Å². The number of nitrogens with zero attached hydrogens (tertiary/aromatic N) is 1. The van der Waals surface area contributed by atoms with Crippen LogP contribution in [0.15, 0.2) is 64.5 Å². The quantitative estimate of drug-likeness (QED) is 0.660. The van der Waals surface area contributed by atoms with Gasteiger partial charge in [-0.1, -0.05) is 30.3 Å². The van der Waals surface area contributed by atoms with Crippen molar-refractivity contribution in [3.8, 4) is 0 Å². The number of hydrogen-bond acceptors (Lipinski definition) is 4. The van der Waals surface area contributed by atoms with Gasteiger partial charge in [0.25, 0.3) is 5.91 Å². The summed E-state index contributed by atoms with van der Waals surface area (Å²) in [7, 11) is 0. The predicted molar refractivity (Wildman–Crippen MR) is 88.1 cm³/mol. The minimum absolute atomic E-state index is 0.133. The Labute approximate surface area is 126 Å². The van der Waals surface area contributed by atoms with Gasteiger partial charge in [-0.15, -0.1) is 0 Å². The molecule has 0 saturated carbocycles. The summed E-state index contributed by atoms with van der Waals surface area (Å²) in [5.41, 5.74) is 8.09. The SMILES string of the molecule is Nc1ccc(C=C2SC(=Nc3ccccc3)NC2=O)cc1. The number of thioether (sulfide) groups is 1. The molecule has 2 aromatic carbocycles. The van der Waals surface area contributed by atoms with E-state index in [1.54, 1.807) is 0 Å². The monoisotopic (exact) mass is 295 g/mol. The zero-order valence-electron chi connectivity index (χ0n) is 11.1. The minimum atomic E-state index is -0.133. The van der Waals surface area contributed by atoms with Crippen molar-refractivity contribution in [2.75, 3.05) is 5.73 Å². The van der Waals surface area contributed by atoms with E-state index in [9.17, 15) is 4.79 Å². The maximum Gasteiger partial charge on any atom is 0.264 e. The molecule has 1 aliphatic heterocycles. The summed E-state index contributed by atoms with van der Waals surface area (Å²) in [5, 5.41) is 3.36. The predicted octanol–water partition coefficient (Wildman–Crippen LogP) is 3.16. The number of amides is 1. The van der Waals surface area contributed by atoms with Gasteiger partial charge in [0.2, 0.25) is 0 Å². The summed E-state index contributed by atoms with van der Waals surface area (Å²) in [6.45, 7) is 0.